The number of hydrogen-bond donors (Lipinski definition) is 2. The first-order chi connectivity index (χ1) is 13.7. The average molecular weight is 521 g/mol. The molecule has 0 aliphatic carbocycles. The zero-order valence-electron chi connectivity index (χ0n) is 17.7. The third-order valence-corrected chi connectivity index (χ3v) is 4.65. The highest BCUT2D eigenvalue weighted by Gasteiger charge is 2.18. The Bertz CT molecular complexity index is 609. The largest absolute Gasteiger partial charge is 0.382 e. The Balaban J connectivity index is 0.00000420. The second-order valence-corrected chi connectivity index (χ2v) is 6.77. The van der Waals surface area contributed by atoms with E-state index in [2.05, 4.69) is 37.3 Å². The molecule has 1 aliphatic heterocycles. The topological polar surface area (TPSA) is 96.7 Å². The number of nitrogens with zero attached hydrogens (tertiary/aromatic N) is 5. The van der Waals surface area contributed by atoms with Crippen molar-refractivity contribution in [1.29, 1.82) is 0 Å². The first-order valence-electron chi connectivity index (χ1n) is 10.5. The number of ether oxygens (including phenoxy) is 1. The van der Waals surface area contributed by atoms with Gasteiger partial charge in [-0.2, -0.15) is 0 Å². The fraction of sp³-hybridized carbons (Fsp3) is 0.789. The molecule has 9 nitrogen and oxygen atoms in total. The summed E-state index contributed by atoms with van der Waals surface area (Å²) in [6, 6.07) is 0. The predicted octanol–water partition coefficient (Wildman–Crippen LogP) is 1.43. The van der Waals surface area contributed by atoms with Crippen molar-refractivity contribution in [2.45, 2.75) is 52.5 Å². The summed E-state index contributed by atoms with van der Waals surface area (Å²) in [7, 11) is 0. The van der Waals surface area contributed by atoms with Crippen LogP contribution in [-0.2, 0) is 22.5 Å². The van der Waals surface area contributed by atoms with Crippen LogP contribution >= 0.6 is 24.0 Å². The van der Waals surface area contributed by atoms with Crippen LogP contribution in [-0.4, -0.2) is 77.5 Å². The van der Waals surface area contributed by atoms with Crippen LogP contribution in [0.1, 0.15) is 45.4 Å². The Morgan fingerprint density at radius 2 is 2.07 bits per heavy atom. The van der Waals surface area contributed by atoms with Crippen molar-refractivity contribution in [1.82, 2.24) is 30.3 Å². The number of carbonyl (C=O) groups is 1. The van der Waals surface area contributed by atoms with E-state index in [-0.39, 0.29) is 29.9 Å². The fourth-order valence-corrected chi connectivity index (χ4v) is 3.13. The molecule has 10 heteroatoms. The first-order valence-corrected chi connectivity index (χ1v) is 10.5. The van der Waals surface area contributed by atoms with Crippen LogP contribution in [0.2, 0.25) is 0 Å². The number of aliphatic imine (C=N–C) groups is 1. The van der Waals surface area contributed by atoms with Crippen molar-refractivity contribution in [3.05, 3.63) is 12.2 Å². The number of guanidine groups is 1. The molecule has 0 radical (unpaired) electrons. The van der Waals surface area contributed by atoms with E-state index in [0.29, 0.717) is 13.0 Å². The maximum absolute atomic E-state index is 11.7. The molecule has 166 valence electrons. The van der Waals surface area contributed by atoms with Gasteiger partial charge < -0.3 is 24.8 Å². The van der Waals surface area contributed by atoms with Crippen molar-refractivity contribution in [2.24, 2.45) is 4.99 Å². The van der Waals surface area contributed by atoms with Gasteiger partial charge in [-0.1, -0.05) is 6.92 Å². The third kappa shape index (κ3) is 9.75. The van der Waals surface area contributed by atoms with Gasteiger partial charge in [0.2, 0.25) is 5.91 Å². The summed E-state index contributed by atoms with van der Waals surface area (Å²) in [5, 5.41) is 14.8. The molecule has 1 amide bonds. The van der Waals surface area contributed by atoms with E-state index < -0.39 is 0 Å². The smallest absolute Gasteiger partial charge is 0.222 e. The Morgan fingerprint density at radius 1 is 1.24 bits per heavy atom. The molecule has 0 bridgehead atoms. The van der Waals surface area contributed by atoms with Crippen LogP contribution < -0.4 is 10.6 Å². The molecule has 1 aliphatic rings. The van der Waals surface area contributed by atoms with Gasteiger partial charge in [-0.3, -0.25) is 9.79 Å². The lowest BCUT2D eigenvalue weighted by Crippen LogP contribution is -2.40. The van der Waals surface area contributed by atoms with Gasteiger partial charge >= 0.3 is 0 Å². The summed E-state index contributed by atoms with van der Waals surface area (Å²) in [5.41, 5.74) is 0. The number of aromatic nitrogens is 3. The van der Waals surface area contributed by atoms with E-state index in [0.717, 1.165) is 83.4 Å². The van der Waals surface area contributed by atoms with Crippen molar-refractivity contribution >= 4 is 35.8 Å². The molecule has 2 rings (SSSR count). The Kier molecular flexibility index (Phi) is 13.6. The number of hydrogen-bond acceptors (Lipinski definition) is 5. The lowest BCUT2D eigenvalue weighted by molar-refractivity contribution is -0.127. The van der Waals surface area contributed by atoms with Crippen LogP contribution in [0.4, 0.5) is 0 Å². The van der Waals surface area contributed by atoms with E-state index in [9.17, 15) is 4.79 Å². The molecule has 2 N–H and O–H groups in total. The zero-order chi connectivity index (χ0) is 20.0. The van der Waals surface area contributed by atoms with Crippen molar-refractivity contribution in [2.75, 3.05) is 45.9 Å². The lowest BCUT2D eigenvalue weighted by atomic mass is 10.4. The van der Waals surface area contributed by atoms with Crippen LogP contribution in [0, 0.1) is 0 Å². The number of amides is 1. The molecule has 29 heavy (non-hydrogen) atoms. The van der Waals surface area contributed by atoms with Crippen molar-refractivity contribution < 1.29 is 9.53 Å². The summed E-state index contributed by atoms with van der Waals surface area (Å²) >= 11 is 0. The Hall–Kier alpha value is -1.43. The molecule has 1 saturated heterocycles. The minimum atomic E-state index is 0. The number of likely N-dealkylation sites (tertiary alicyclic amines) is 1. The second-order valence-electron chi connectivity index (χ2n) is 6.77. The summed E-state index contributed by atoms with van der Waals surface area (Å²) in [6.07, 6.45) is 6.12. The van der Waals surface area contributed by atoms with Gasteiger partial charge in [0, 0.05) is 65.3 Å². The molecule has 1 fully saturated rings. The minimum absolute atomic E-state index is 0. The summed E-state index contributed by atoms with van der Waals surface area (Å²) in [6.45, 7) is 10.3. The maximum atomic E-state index is 11.7. The third-order valence-electron chi connectivity index (χ3n) is 4.65. The van der Waals surface area contributed by atoms with Gasteiger partial charge in [-0.25, -0.2) is 0 Å². The number of rotatable bonds is 13. The second kappa shape index (κ2) is 15.4. The number of carbonyl (C=O) groups excluding carboxylic acids is 1. The van der Waals surface area contributed by atoms with E-state index in [1.807, 2.05) is 11.8 Å². The maximum Gasteiger partial charge on any atom is 0.222 e. The molecule has 0 unspecified atom stereocenters. The number of halogens is 1. The number of nitrogens with one attached hydrogen (secondary N) is 2. The molecule has 0 atom stereocenters. The summed E-state index contributed by atoms with van der Waals surface area (Å²) in [4.78, 5) is 18.3. The molecule has 1 aromatic heterocycles. The van der Waals surface area contributed by atoms with Crippen molar-refractivity contribution in [3.63, 3.8) is 0 Å². The predicted molar refractivity (Wildman–Crippen MR) is 125 cm³/mol. The normalized spacial score (nSPS) is 14.2. The minimum Gasteiger partial charge on any atom is -0.382 e. The summed E-state index contributed by atoms with van der Waals surface area (Å²) < 4.78 is 7.44. The van der Waals surface area contributed by atoms with E-state index in [1.165, 1.54) is 0 Å². The molecular weight excluding hydrogens is 485 g/mol. The highest BCUT2D eigenvalue weighted by Crippen LogP contribution is 2.09. The van der Waals surface area contributed by atoms with Crippen LogP contribution in [0.25, 0.3) is 0 Å². The van der Waals surface area contributed by atoms with Gasteiger partial charge in [0.05, 0.1) is 0 Å². The van der Waals surface area contributed by atoms with Crippen LogP contribution in [0.5, 0.6) is 0 Å². The first kappa shape index (κ1) is 25.6. The average Bonchev–Trinajstić information content (AvgIpc) is 3.33. The van der Waals surface area contributed by atoms with Crippen LogP contribution in [0.15, 0.2) is 11.3 Å². The zero-order valence-corrected chi connectivity index (χ0v) is 20.1. The molecule has 2 heterocycles. The van der Waals surface area contributed by atoms with E-state index in [4.69, 9.17) is 4.74 Å². The Morgan fingerprint density at radius 3 is 2.79 bits per heavy atom. The van der Waals surface area contributed by atoms with E-state index >= 15 is 0 Å². The van der Waals surface area contributed by atoms with E-state index in [1.54, 1.807) is 6.33 Å². The van der Waals surface area contributed by atoms with Gasteiger partial charge in [0.25, 0.3) is 0 Å². The van der Waals surface area contributed by atoms with Gasteiger partial charge in [-0.05, 0) is 26.2 Å². The van der Waals surface area contributed by atoms with Crippen molar-refractivity contribution in [3.8, 4) is 0 Å². The monoisotopic (exact) mass is 521 g/mol. The van der Waals surface area contributed by atoms with Crippen LogP contribution in [0.3, 0.4) is 0 Å². The molecule has 0 saturated carbocycles. The highest BCUT2D eigenvalue weighted by atomic mass is 127. The quantitative estimate of drug-likeness (QED) is 0.177. The van der Waals surface area contributed by atoms with Gasteiger partial charge in [0.15, 0.2) is 5.96 Å². The fourth-order valence-electron chi connectivity index (χ4n) is 3.13. The lowest BCUT2D eigenvalue weighted by Gasteiger charge is -2.15. The SMILES string of the molecule is CCOCCCNC(=NCCCN1CCCC1=O)NCCn1cnnc1CC.I. The molecular formula is C19H36IN7O2. The highest BCUT2D eigenvalue weighted by molar-refractivity contribution is 14.0. The molecule has 1 aromatic rings. The van der Waals surface area contributed by atoms with Gasteiger partial charge in [-0.15, -0.1) is 34.2 Å². The number of aryl methyl sites for hydroxylation is 1. The Labute approximate surface area is 191 Å². The molecule has 0 spiro atoms. The van der Waals surface area contributed by atoms with Gasteiger partial charge in [0.1, 0.15) is 12.2 Å². The molecule has 0 aromatic carbocycles. The summed E-state index contributed by atoms with van der Waals surface area (Å²) in [5.74, 6) is 2.06. The standard InChI is InChI=1S/C19H35N7O2.HI/c1-3-17-24-23-16-26(17)14-11-22-19(21-10-7-15-28-4-2)20-9-6-13-25-12-5-8-18(25)27;/h16H,3-15H2,1-2H3,(H2,20,21,22);1H.